The average Bonchev–Trinajstić information content (AvgIpc) is 3.32. The Morgan fingerprint density at radius 3 is 2.70 bits per heavy atom. The highest BCUT2D eigenvalue weighted by Crippen LogP contribution is 2.29. The number of amides is 1. The van der Waals surface area contributed by atoms with Crippen molar-refractivity contribution in [1.82, 2.24) is 8.87 Å². The molecule has 2 aromatic rings. The van der Waals surface area contributed by atoms with Crippen LogP contribution in [0.2, 0.25) is 5.02 Å². The molecule has 1 aromatic carbocycles. The van der Waals surface area contributed by atoms with E-state index in [2.05, 4.69) is 5.32 Å². The lowest BCUT2D eigenvalue weighted by Gasteiger charge is -2.23. The number of anilines is 1. The first kappa shape index (κ1) is 22.3. The Bertz CT molecular complexity index is 1080. The molecule has 1 fully saturated rings. The summed E-state index contributed by atoms with van der Waals surface area (Å²) in [4.78, 5) is 24.9. The number of nitrogens with zero attached hydrogens (tertiary/aromatic N) is 2. The lowest BCUT2D eigenvalue weighted by molar-refractivity contribution is -0.119. The van der Waals surface area contributed by atoms with Gasteiger partial charge in [-0.1, -0.05) is 11.6 Å². The van der Waals surface area contributed by atoms with Crippen LogP contribution in [0.5, 0.6) is 0 Å². The van der Waals surface area contributed by atoms with Gasteiger partial charge >= 0.3 is 5.97 Å². The molecule has 162 valence electrons. The molecular weight excluding hydrogens is 430 g/mol. The lowest BCUT2D eigenvalue weighted by Crippen LogP contribution is -2.43. The third-order valence-corrected chi connectivity index (χ3v) is 7.13. The largest absolute Gasteiger partial charge is 0.461 e. The summed E-state index contributed by atoms with van der Waals surface area (Å²) in [6.07, 6.45) is 2.34. The Labute approximate surface area is 180 Å². The number of aryl methyl sites for hydroxylation is 2. The van der Waals surface area contributed by atoms with Gasteiger partial charge in [-0.3, -0.25) is 4.79 Å². The van der Waals surface area contributed by atoms with E-state index in [1.807, 2.05) is 6.92 Å². The standard InChI is InChI=1S/C20H24ClN3O5S/c1-4-29-20(26)18-11-15(12-23(18)3)30(27,28)24-9-5-6-17(24)19(25)22-16-8-7-14(21)10-13(16)2/h7-8,10-12,17H,4-6,9H2,1-3H3,(H,22,25)/t17-/m0/s1. The molecular formula is C20H24ClN3O5S. The van der Waals surface area contributed by atoms with Gasteiger partial charge < -0.3 is 14.6 Å². The molecule has 1 aromatic heterocycles. The van der Waals surface area contributed by atoms with Crippen LogP contribution in [0.25, 0.3) is 0 Å². The highest BCUT2D eigenvalue weighted by Gasteiger charge is 2.40. The number of halogens is 1. The van der Waals surface area contributed by atoms with Gasteiger partial charge in [0.1, 0.15) is 16.6 Å². The van der Waals surface area contributed by atoms with Crippen molar-refractivity contribution < 1.29 is 22.7 Å². The molecule has 1 amide bonds. The Hall–Kier alpha value is -2.36. The van der Waals surface area contributed by atoms with Gasteiger partial charge in [0.2, 0.25) is 15.9 Å². The van der Waals surface area contributed by atoms with Gasteiger partial charge in [0.15, 0.2) is 0 Å². The molecule has 10 heteroatoms. The number of nitrogens with one attached hydrogen (secondary N) is 1. The molecule has 2 heterocycles. The van der Waals surface area contributed by atoms with Crippen molar-refractivity contribution in [3.63, 3.8) is 0 Å². The Balaban J connectivity index is 1.84. The summed E-state index contributed by atoms with van der Waals surface area (Å²) in [5, 5.41) is 3.35. The topological polar surface area (TPSA) is 97.7 Å². The average molecular weight is 454 g/mol. The van der Waals surface area contributed by atoms with E-state index in [0.29, 0.717) is 23.6 Å². The van der Waals surface area contributed by atoms with Crippen LogP contribution in [0.1, 0.15) is 35.8 Å². The SMILES string of the molecule is CCOC(=O)c1cc(S(=O)(=O)N2CCC[C@H]2C(=O)Nc2ccc(Cl)cc2C)cn1C. The van der Waals surface area contributed by atoms with Crippen LogP contribution in [-0.2, 0) is 26.6 Å². The maximum atomic E-state index is 13.2. The minimum atomic E-state index is -3.97. The van der Waals surface area contributed by atoms with E-state index < -0.39 is 27.9 Å². The van der Waals surface area contributed by atoms with Crippen LogP contribution in [0.15, 0.2) is 35.4 Å². The Kier molecular flexibility index (Phi) is 6.54. The summed E-state index contributed by atoms with van der Waals surface area (Å²) in [7, 11) is -2.40. The molecule has 1 saturated heterocycles. The molecule has 1 atom stereocenters. The van der Waals surface area contributed by atoms with Crippen LogP contribution < -0.4 is 5.32 Å². The fraction of sp³-hybridized carbons (Fsp3) is 0.400. The highest BCUT2D eigenvalue weighted by molar-refractivity contribution is 7.89. The molecule has 3 rings (SSSR count). The van der Waals surface area contributed by atoms with Gasteiger partial charge in [-0.15, -0.1) is 0 Å². The fourth-order valence-electron chi connectivity index (χ4n) is 3.49. The van der Waals surface area contributed by atoms with Crippen molar-refractivity contribution in [2.75, 3.05) is 18.5 Å². The number of ether oxygens (including phenoxy) is 1. The molecule has 0 aliphatic carbocycles. The first-order chi connectivity index (χ1) is 14.1. The number of hydrogen-bond donors (Lipinski definition) is 1. The fourth-order valence-corrected chi connectivity index (χ4v) is 5.45. The number of rotatable bonds is 6. The van der Waals surface area contributed by atoms with Crippen LogP contribution in [0.4, 0.5) is 5.69 Å². The molecule has 0 saturated carbocycles. The smallest absolute Gasteiger partial charge is 0.354 e. The van der Waals surface area contributed by atoms with Crippen LogP contribution in [0, 0.1) is 6.92 Å². The van der Waals surface area contributed by atoms with Crippen molar-refractivity contribution in [2.45, 2.75) is 37.6 Å². The molecule has 0 unspecified atom stereocenters. The van der Waals surface area contributed by atoms with Gasteiger partial charge in [0, 0.05) is 30.5 Å². The van der Waals surface area contributed by atoms with E-state index >= 15 is 0 Å². The van der Waals surface area contributed by atoms with Crippen LogP contribution in [0.3, 0.4) is 0 Å². The minimum Gasteiger partial charge on any atom is -0.461 e. The van der Waals surface area contributed by atoms with Crippen molar-refractivity contribution in [3.05, 3.63) is 46.7 Å². The summed E-state index contributed by atoms with van der Waals surface area (Å²) >= 11 is 5.95. The van der Waals surface area contributed by atoms with Gasteiger partial charge in [-0.25, -0.2) is 13.2 Å². The molecule has 30 heavy (non-hydrogen) atoms. The third kappa shape index (κ3) is 4.38. The second-order valence-corrected chi connectivity index (χ2v) is 9.44. The predicted octanol–water partition coefficient (Wildman–Crippen LogP) is 2.96. The number of benzene rings is 1. The summed E-state index contributed by atoms with van der Waals surface area (Å²) in [5.41, 5.74) is 1.50. The van der Waals surface area contributed by atoms with Crippen molar-refractivity contribution in [3.8, 4) is 0 Å². The summed E-state index contributed by atoms with van der Waals surface area (Å²) < 4.78 is 34.0. The normalized spacial score (nSPS) is 17.1. The predicted molar refractivity (Wildman–Crippen MR) is 113 cm³/mol. The highest BCUT2D eigenvalue weighted by atomic mass is 35.5. The van der Waals surface area contributed by atoms with Crippen LogP contribution in [-0.4, -0.2) is 48.4 Å². The van der Waals surface area contributed by atoms with Crippen LogP contribution >= 0.6 is 11.6 Å². The van der Waals surface area contributed by atoms with E-state index in [1.165, 1.54) is 21.1 Å². The number of esters is 1. The summed E-state index contributed by atoms with van der Waals surface area (Å²) in [5.74, 6) is -1.00. The van der Waals surface area contributed by atoms with E-state index in [1.54, 1.807) is 32.2 Å². The third-order valence-electron chi connectivity index (χ3n) is 5.02. The number of carbonyl (C=O) groups is 2. The number of carbonyl (C=O) groups excluding carboxylic acids is 2. The minimum absolute atomic E-state index is 0.0459. The second kappa shape index (κ2) is 8.79. The quantitative estimate of drug-likeness (QED) is 0.678. The second-order valence-electron chi connectivity index (χ2n) is 7.11. The van der Waals surface area contributed by atoms with Gasteiger partial charge in [-0.2, -0.15) is 4.31 Å². The zero-order chi connectivity index (χ0) is 22.1. The zero-order valence-electron chi connectivity index (χ0n) is 17.0. The van der Waals surface area contributed by atoms with Gasteiger partial charge in [0.05, 0.1) is 6.61 Å². The molecule has 8 nitrogen and oxygen atoms in total. The molecule has 1 aliphatic rings. The lowest BCUT2D eigenvalue weighted by atomic mass is 10.1. The first-order valence-electron chi connectivity index (χ1n) is 9.57. The van der Waals surface area contributed by atoms with E-state index in [9.17, 15) is 18.0 Å². The van der Waals surface area contributed by atoms with Crippen molar-refractivity contribution in [2.24, 2.45) is 7.05 Å². The molecule has 1 aliphatic heterocycles. The Morgan fingerprint density at radius 2 is 2.03 bits per heavy atom. The molecule has 0 radical (unpaired) electrons. The summed E-state index contributed by atoms with van der Waals surface area (Å²) in [6.45, 7) is 3.90. The molecule has 0 bridgehead atoms. The van der Waals surface area contributed by atoms with E-state index in [0.717, 1.165) is 5.56 Å². The summed E-state index contributed by atoms with van der Waals surface area (Å²) in [6, 6.07) is 5.52. The zero-order valence-corrected chi connectivity index (χ0v) is 18.6. The number of aromatic nitrogens is 1. The van der Waals surface area contributed by atoms with Crippen molar-refractivity contribution >= 4 is 39.2 Å². The monoisotopic (exact) mass is 453 g/mol. The van der Waals surface area contributed by atoms with E-state index in [4.69, 9.17) is 16.3 Å². The van der Waals surface area contributed by atoms with Crippen molar-refractivity contribution in [1.29, 1.82) is 0 Å². The molecule has 1 N–H and O–H groups in total. The van der Waals surface area contributed by atoms with E-state index in [-0.39, 0.29) is 23.7 Å². The maximum absolute atomic E-state index is 13.2. The van der Waals surface area contributed by atoms with Gasteiger partial charge in [-0.05, 0) is 56.5 Å². The Morgan fingerprint density at radius 1 is 1.30 bits per heavy atom. The maximum Gasteiger partial charge on any atom is 0.354 e. The number of sulfonamides is 1. The number of hydrogen-bond acceptors (Lipinski definition) is 5. The first-order valence-corrected chi connectivity index (χ1v) is 11.4. The van der Waals surface area contributed by atoms with Gasteiger partial charge in [0.25, 0.3) is 0 Å². The molecule has 0 spiro atoms.